The summed E-state index contributed by atoms with van der Waals surface area (Å²) in [5.41, 5.74) is 0.675. The average molecular weight is 191 g/mol. The van der Waals surface area contributed by atoms with Gasteiger partial charge in [0.05, 0.1) is 5.41 Å². The highest BCUT2D eigenvalue weighted by atomic mass is 16.1. The number of nitrogens with zero attached hydrogens (tertiary/aromatic N) is 1. The Balaban J connectivity index is 2.96. The summed E-state index contributed by atoms with van der Waals surface area (Å²) in [6, 6.07) is 9.89. The van der Waals surface area contributed by atoms with Crippen LogP contribution >= 0.6 is 0 Å². The molecule has 0 heterocycles. The van der Waals surface area contributed by atoms with E-state index >= 15 is 0 Å². The number of likely N-dealkylation sites (N-methyl/N-ethyl adjacent to an activating group) is 1. The third-order valence-corrected chi connectivity index (χ3v) is 2.34. The minimum Gasteiger partial charge on any atom is -0.308 e. The van der Waals surface area contributed by atoms with Gasteiger partial charge in [-0.05, 0) is 26.6 Å². The van der Waals surface area contributed by atoms with Crippen LogP contribution in [0, 0.1) is 0 Å². The molecule has 0 saturated heterocycles. The summed E-state index contributed by atoms with van der Waals surface area (Å²) < 4.78 is 0. The second-order valence-electron chi connectivity index (χ2n) is 4.14. The molecule has 0 saturated carbocycles. The Morgan fingerprint density at radius 3 is 2.29 bits per heavy atom. The normalized spacial score (nSPS) is 15.1. The number of benzene rings is 1. The Bertz CT molecular complexity index is 294. The third kappa shape index (κ3) is 2.42. The van der Waals surface area contributed by atoms with Crippen molar-refractivity contribution >= 4 is 6.29 Å². The lowest BCUT2D eigenvalue weighted by Crippen LogP contribution is -2.36. The largest absolute Gasteiger partial charge is 0.308 e. The van der Waals surface area contributed by atoms with E-state index in [4.69, 9.17) is 0 Å². The van der Waals surface area contributed by atoms with Crippen molar-refractivity contribution in [2.75, 3.05) is 20.6 Å². The van der Waals surface area contributed by atoms with Crippen molar-refractivity contribution in [2.24, 2.45) is 0 Å². The second-order valence-corrected chi connectivity index (χ2v) is 4.14. The van der Waals surface area contributed by atoms with Crippen LogP contribution in [0.3, 0.4) is 0 Å². The van der Waals surface area contributed by atoms with Gasteiger partial charge in [-0.25, -0.2) is 0 Å². The fraction of sp³-hybridized carbons (Fsp3) is 0.417. The van der Waals surface area contributed by atoms with Gasteiger partial charge in [-0.1, -0.05) is 30.3 Å². The maximum Gasteiger partial charge on any atom is 0.131 e. The van der Waals surface area contributed by atoms with Crippen LogP contribution < -0.4 is 0 Å². The number of carbonyl (C=O) groups is 1. The van der Waals surface area contributed by atoms with Crippen molar-refractivity contribution in [3.63, 3.8) is 0 Å². The smallest absolute Gasteiger partial charge is 0.131 e. The van der Waals surface area contributed by atoms with Crippen LogP contribution in [0.15, 0.2) is 30.3 Å². The predicted octanol–water partition coefficient (Wildman–Crippen LogP) is 1.70. The zero-order valence-corrected chi connectivity index (χ0v) is 9.03. The van der Waals surface area contributed by atoms with Gasteiger partial charge < -0.3 is 9.69 Å². The monoisotopic (exact) mass is 191 g/mol. The first kappa shape index (κ1) is 10.9. The molecule has 0 N–H and O–H groups in total. The molecule has 0 bridgehead atoms. The first-order valence-electron chi connectivity index (χ1n) is 4.75. The van der Waals surface area contributed by atoms with Gasteiger partial charge in [-0.2, -0.15) is 0 Å². The molecule has 0 fully saturated rings. The lowest BCUT2D eigenvalue weighted by Gasteiger charge is -2.27. The van der Waals surface area contributed by atoms with Crippen LogP contribution in [-0.4, -0.2) is 31.8 Å². The van der Waals surface area contributed by atoms with E-state index in [0.717, 1.165) is 18.4 Å². The van der Waals surface area contributed by atoms with Gasteiger partial charge in [-0.15, -0.1) is 0 Å². The molecule has 0 unspecified atom stereocenters. The lowest BCUT2D eigenvalue weighted by molar-refractivity contribution is -0.112. The van der Waals surface area contributed by atoms with Crippen LogP contribution in [0.4, 0.5) is 0 Å². The molecule has 0 amide bonds. The Labute approximate surface area is 85.5 Å². The number of hydrogen-bond acceptors (Lipinski definition) is 2. The summed E-state index contributed by atoms with van der Waals surface area (Å²) in [6.07, 6.45) is 1.03. The van der Waals surface area contributed by atoms with E-state index in [0.29, 0.717) is 0 Å². The summed E-state index contributed by atoms with van der Waals surface area (Å²) in [4.78, 5) is 13.2. The van der Waals surface area contributed by atoms with Gasteiger partial charge in [0.2, 0.25) is 0 Å². The molecule has 2 heteroatoms. The second kappa shape index (κ2) is 4.38. The Morgan fingerprint density at radius 1 is 1.29 bits per heavy atom. The molecule has 1 aromatic carbocycles. The van der Waals surface area contributed by atoms with E-state index in [1.807, 2.05) is 56.3 Å². The molecule has 14 heavy (non-hydrogen) atoms. The standard InChI is InChI=1S/C12H17NO/c1-12(10-14,9-13(2)3)11-7-5-4-6-8-11/h4-8,10H,9H2,1-3H3/t12-/m0/s1. The molecule has 0 aliphatic carbocycles. The van der Waals surface area contributed by atoms with Crippen molar-refractivity contribution in [3.8, 4) is 0 Å². The maximum absolute atomic E-state index is 11.1. The van der Waals surface area contributed by atoms with Crippen LogP contribution in [-0.2, 0) is 10.2 Å². The highest BCUT2D eigenvalue weighted by Crippen LogP contribution is 2.21. The van der Waals surface area contributed by atoms with Gasteiger partial charge in [-0.3, -0.25) is 0 Å². The number of hydrogen-bond donors (Lipinski definition) is 0. The molecule has 1 aromatic rings. The molecule has 1 rings (SSSR count). The molecule has 1 atom stereocenters. The summed E-state index contributed by atoms with van der Waals surface area (Å²) in [7, 11) is 3.95. The topological polar surface area (TPSA) is 20.3 Å². The Hall–Kier alpha value is -1.15. The van der Waals surface area contributed by atoms with Crippen molar-refractivity contribution in [3.05, 3.63) is 35.9 Å². The van der Waals surface area contributed by atoms with E-state index in [9.17, 15) is 4.79 Å². The number of rotatable bonds is 4. The van der Waals surface area contributed by atoms with E-state index in [2.05, 4.69) is 0 Å². The SMILES string of the molecule is CN(C)C[C@@](C)(C=O)c1ccccc1. The van der Waals surface area contributed by atoms with Crippen molar-refractivity contribution < 1.29 is 4.79 Å². The van der Waals surface area contributed by atoms with Gasteiger partial charge >= 0.3 is 0 Å². The maximum atomic E-state index is 11.1. The number of carbonyl (C=O) groups excluding carboxylic acids is 1. The molecule has 0 aliphatic rings. The van der Waals surface area contributed by atoms with Crippen LogP contribution in [0.2, 0.25) is 0 Å². The van der Waals surface area contributed by atoms with Crippen molar-refractivity contribution in [1.29, 1.82) is 0 Å². The fourth-order valence-electron chi connectivity index (χ4n) is 1.67. The van der Waals surface area contributed by atoms with Crippen LogP contribution in [0.1, 0.15) is 12.5 Å². The average Bonchev–Trinajstić information content (AvgIpc) is 2.18. The van der Waals surface area contributed by atoms with Gasteiger partial charge in [0.15, 0.2) is 0 Å². The van der Waals surface area contributed by atoms with Crippen molar-refractivity contribution in [2.45, 2.75) is 12.3 Å². The number of aldehydes is 1. The molecule has 2 nitrogen and oxygen atoms in total. The highest BCUT2D eigenvalue weighted by Gasteiger charge is 2.26. The minimum atomic E-state index is -0.398. The molecule has 76 valence electrons. The molecular formula is C12H17NO. The first-order valence-corrected chi connectivity index (χ1v) is 4.75. The lowest BCUT2D eigenvalue weighted by atomic mass is 9.84. The Morgan fingerprint density at radius 2 is 1.86 bits per heavy atom. The van der Waals surface area contributed by atoms with Gasteiger partial charge in [0, 0.05) is 6.54 Å². The zero-order valence-electron chi connectivity index (χ0n) is 9.03. The minimum absolute atomic E-state index is 0.398. The highest BCUT2D eigenvalue weighted by molar-refractivity contribution is 5.68. The summed E-state index contributed by atoms with van der Waals surface area (Å²) >= 11 is 0. The quantitative estimate of drug-likeness (QED) is 0.675. The molecule has 0 radical (unpaired) electrons. The summed E-state index contributed by atoms with van der Waals surface area (Å²) in [5.74, 6) is 0. The summed E-state index contributed by atoms with van der Waals surface area (Å²) in [6.45, 7) is 2.70. The third-order valence-electron chi connectivity index (χ3n) is 2.34. The van der Waals surface area contributed by atoms with Gasteiger partial charge in [0.1, 0.15) is 6.29 Å². The predicted molar refractivity (Wildman–Crippen MR) is 58.4 cm³/mol. The van der Waals surface area contributed by atoms with E-state index in [-0.39, 0.29) is 0 Å². The molecular weight excluding hydrogens is 174 g/mol. The molecule has 0 aromatic heterocycles. The van der Waals surface area contributed by atoms with Crippen molar-refractivity contribution in [1.82, 2.24) is 4.90 Å². The first-order chi connectivity index (χ1) is 6.58. The zero-order chi connectivity index (χ0) is 10.6. The van der Waals surface area contributed by atoms with E-state index in [1.165, 1.54) is 0 Å². The fourth-order valence-corrected chi connectivity index (χ4v) is 1.67. The molecule has 0 aliphatic heterocycles. The van der Waals surface area contributed by atoms with Crippen LogP contribution in [0.25, 0.3) is 0 Å². The summed E-state index contributed by atoms with van der Waals surface area (Å²) in [5, 5.41) is 0. The Kier molecular flexibility index (Phi) is 3.42. The van der Waals surface area contributed by atoms with Crippen LogP contribution in [0.5, 0.6) is 0 Å². The van der Waals surface area contributed by atoms with E-state index in [1.54, 1.807) is 0 Å². The van der Waals surface area contributed by atoms with Gasteiger partial charge in [0.25, 0.3) is 0 Å². The van der Waals surface area contributed by atoms with E-state index < -0.39 is 5.41 Å². The molecule has 0 spiro atoms.